The summed E-state index contributed by atoms with van der Waals surface area (Å²) >= 11 is 0. The van der Waals surface area contributed by atoms with Gasteiger partial charge in [-0.25, -0.2) is 0 Å². The van der Waals surface area contributed by atoms with Crippen molar-refractivity contribution in [1.29, 1.82) is 0 Å². The Balaban J connectivity index is 1.00. The van der Waals surface area contributed by atoms with Crippen molar-refractivity contribution in [2.45, 2.75) is 183 Å². The molecule has 0 fully saturated rings. The average molecular weight is 1650 g/mol. The molecule has 1 aromatic heterocycles. The van der Waals surface area contributed by atoms with Gasteiger partial charge in [0.2, 0.25) is 0 Å². The zero-order valence-electron chi connectivity index (χ0n) is 76.8. The minimum absolute atomic E-state index is 0.0748. The van der Waals surface area contributed by atoms with Gasteiger partial charge in [0.15, 0.2) is 16.1 Å². The normalized spacial score (nSPS) is 13.5. The second-order valence-electron chi connectivity index (χ2n) is 42.7. The van der Waals surface area contributed by atoms with Crippen LogP contribution >= 0.6 is 0 Å². The lowest BCUT2D eigenvalue weighted by atomic mass is 9.33. The second-order valence-corrected chi connectivity index (χ2v) is 50.3. The number of nitrogens with zero attached hydrogens (tertiary/aromatic N) is 3. The van der Waals surface area contributed by atoms with Crippen LogP contribution in [0.5, 0.6) is 0 Å². The van der Waals surface area contributed by atoms with Crippen LogP contribution in [-0.2, 0) is 37.9 Å². The number of rotatable bonds is 13. The van der Waals surface area contributed by atoms with E-state index < -0.39 is 16.1 Å². The van der Waals surface area contributed by atoms with Crippen molar-refractivity contribution in [3.8, 4) is 27.9 Å². The van der Waals surface area contributed by atoms with Gasteiger partial charge in [-0.2, -0.15) is 0 Å². The predicted octanol–water partition coefficient (Wildman–Crippen LogP) is 24.0. The zero-order chi connectivity index (χ0) is 87.2. The summed E-state index contributed by atoms with van der Waals surface area (Å²) in [5.74, 6) is 0. The van der Waals surface area contributed by atoms with Gasteiger partial charge in [-0.05, 0) is 218 Å². The molecule has 3 heterocycles. The van der Waals surface area contributed by atoms with Crippen molar-refractivity contribution in [1.82, 2.24) is 4.57 Å². The Morgan fingerprint density at radius 3 is 0.935 bits per heavy atom. The Kier molecular flexibility index (Phi) is 20.5. The zero-order valence-corrected chi connectivity index (χ0v) is 78.8. The SMILES string of the molecule is CC(C)(C)c1cc(-c2cccc([Si](c3ccccc3)(c3ccccc3)c3cccc(N4c5cc([Si](c6ccccc6)(c6ccccc6)c6cccc(-c7cc(C(C)(C)C)cc(C(C)(C)C)c7)c6)ccc5B5c6cc(C(C)(C)C)ccc6N(c6cc(C(C)(C)C)cc(C(C)(C)C)c6)c6cc(-n7c8ccccc8c8ccccc87)cc4c65)c3)c2)cc(C(C)(C)C)c1. The van der Waals surface area contributed by atoms with Crippen molar-refractivity contribution in [3.63, 3.8) is 0 Å². The van der Waals surface area contributed by atoms with Crippen LogP contribution in [0.15, 0.2) is 346 Å². The lowest BCUT2D eigenvalue weighted by Gasteiger charge is -2.46. The Bertz CT molecular complexity index is 6550. The molecule has 0 aliphatic carbocycles. The van der Waals surface area contributed by atoms with Crippen molar-refractivity contribution in [3.05, 3.63) is 385 Å². The van der Waals surface area contributed by atoms with Gasteiger partial charge < -0.3 is 14.4 Å². The fourth-order valence-electron chi connectivity index (χ4n) is 20.0. The summed E-state index contributed by atoms with van der Waals surface area (Å²) in [6, 6.07) is 137. The van der Waals surface area contributed by atoms with Crippen LogP contribution in [0.25, 0.3) is 49.7 Å². The maximum atomic E-state index is 2.77. The molecule has 3 nitrogen and oxygen atoms in total. The highest BCUT2D eigenvalue weighted by molar-refractivity contribution is 7.20. The van der Waals surface area contributed by atoms with E-state index in [4.69, 9.17) is 0 Å². The molecule has 2 aliphatic rings. The van der Waals surface area contributed by atoms with Gasteiger partial charge in [0, 0.05) is 44.9 Å². The molecule has 0 atom stereocenters. The molecular formula is C118H120BN3Si2. The molecule has 0 amide bonds. The first-order valence-corrected chi connectivity index (χ1v) is 49.0. The molecule has 0 saturated carbocycles. The molecule has 618 valence electrons. The molecule has 0 unspecified atom stereocenters. The molecule has 16 aromatic rings. The maximum absolute atomic E-state index is 3.46. The number of hydrogen-bond donors (Lipinski definition) is 0. The van der Waals surface area contributed by atoms with Gasteiger partial charge in [-0.1, -0.05) is 431 Å². The van der Waals surface area contributed by atoms with Crippen LogP contribution < -0.4 is 67.7 Å². The van der Waals surface area contributed by atoms with E-state index in [1.54, 1.807) is 0 Å². The fourth-order valence-corrected chi connectivity index (χ4v) is 29.6. The second kappa shape index (κ2) is 30.6. The summed E-state index contributed by atoms with van der Waals surface area (Å²) in [7, 11) is -6.88. The highest BCUT2D eigenvalue weighted by atomic mass is 28.3. The fraction of sp³-hybridized carbons (Fsp3) is 0.237. The van der Waals surface area contributed by atoms with Gasteiger partial charge >= 0.3 is 0 Å². The molecule has 124 heavy (non-hydrogen) atoms. The van der Waals surface area contributed by atoms with E-state index in [1.165, 1.54) is 136 Å². The van der Waals surface area contributed by atoms with E-state index in [-0.39, 0.29) is 44.6 Å². The minimum Gasteiger partial charge on any atom is -0.311 e. The van der Waals surface area contributed by atoms with Gasteiger partial charge in [0.25, 0.3) is 6.71 Å². The van der Waals surface area contributed by atoms with Crippen LogP contribution in [0.3, 0.4) is 0 Å². The monoisotopic (exact) mass is 1650 g/mol. The first-order chi connectivity index (χ1) is 58.9. The highest BCUT2D eigenvalue weighted by Crippen LogP contribution is 2.49. The largest absolute Gasteiger partial charge is 0.311 e. The van der Waals surface area contributed by atoms with Gasteiger partial charge in [-0.3, -0.25) is 0 Å². The van der Waals surface area contributed by atoms with Gasteiger partial charge in [-0.15, -0.1) is 0 Å². The number of aromatic nitrogens is 1. The molecule has 0 bridgehead atoms. The standard InChI is InChI=1S/C118H120BN3Si2/c1-112(2,3)83-59-62-107-104(74-83)119-103-61-60-100(124(95-48-30-24-31-49-95,96-50-32-25-33-51-96)98-53-39-42-80(68-98)82-65-86(115(10,11)12)70-87(66-82)116(13,14)15)78-108(103)120(109-76-92(121-105-57-36-34-55-101(105)102-56-35-37-58-106(102)121)77-110(111(109)119)122(107)91-72-88(117(16,17)18)71-89(73-91)118(19,20)21)90-43-40-54-99(75-90)123(93-44-26-22-27-45-93,94-46-28-23-29-47-94)97-52-38-41-79(67-97)81-63-84(113(4,5)6)69-85(64-81)114(7,8)9/h22-78H,1-21H3. The summed E-state index contributed by atoms with van der Waals surface area (Å²) in [5.41, 5.74) is 27.5. The summed E-state index contributed by atoms with van der Waals surface area (Å²) in [6.07, 6.45) is 0. The number of para-hydroxylation sites is 2. The lowest BCUT2D eigenvalue weighted by molar-refractivity contribution is 0.568. The third-order valence-corrected chi connectivity index (χ3v) is 36.6. The molecule has 18 rings (SSSR count). The Morgan fingerprint density at radius 1 is 0.202 bits per heavy atom. The van der Waals surface area contributed by atoms with Crippen LogP contribution in [-0.4, -0.2) is 27.4 Å². The smallest absolute Gasteiger partial charge is 0.252 e. The molecule has 0 N–H and O–H groups in total. The van der Waals surface area contributed by atoms with Gasteiger partial charge in [0.05, 0.1) is 16.7 Å². The predicted molar refractivity (Wildman–Crippen MR) is 544 cm³/mol. The summed E-state index contributed by atoms with van der Waals surface area (Å²) in [4.78, 5) is 5.47. The van der Waals surface area contributed by atoms with E-state index in [2.05, 4.69) is 506 Å². The van der Waals surface area contributed by atoms with Crippen molar-refractivity contribution in [2.75, 3.05) is 9.80 Å². The molecule has 2 aliphatic heterocycles. The summed E-state index contributed by atoms with van der Waals surface area (Å²) in [6.45, 7) is 49.5. The van der Waals surface area contributed by atoms with Gasteiger partial charge in [0.1, 0.15) is 0 Å². The van der Waals surface area contributed by atoms with Crippen LogP contribution in [0.4, 0.5) is 34.1 Å². The Labute approximate surface area is 741 Å². The van der Waals surface area contributed by atoms with E-state index in [1.807, 2.05) is 0 Å². The van der Waals surface area contributed by atoms with E-state index >= 15 is 0 Å². The Hall–Kier alpha value is -11.8. The minimum atomic E-state index is -3.46. The van der Waals surface area contributed by atoms with Crippen LogP contribution in [0.2, 0.25) is 0 Å². The van der Waals surface area contributed by atoms with Crippen molar-refractivity contribution >= 4 is 137 Å². The van der Waals surface area contributed by atoms with E-state index in [0.717, 1.165) is 45.2 Å². The van der Waals surface area contributed by atoms with Crippen molar-refractivity contribution < 1.29 is 0 Å². The first kappa shape index (κ1) is 83.1. The topological polar surface area (TPSA) is 11.4 Å². The molecular weight excluding hydrogens is 1530 g/mol. The number of hydrogen-bond acceptors (Lipinski definition) is 2. The number of benzene rings is 15. The third kappa shape index (κ3) is 14.6. The first-order valence-electron chi connectivity index (χ1n) is 45.0. The molecule has 0 radical (unpaired) electrons. The number of anilines is 6. The summed E-state index contributed by atoms with van der Waals surface area (Å²) in [5, 5.41) is 13.0. The molecule has 0 spiro atoms. The molecule has 0 saturated heterocycles. The quantitative estimate of drug-likeness (QED) is 0.0842. The Morgan fingerprint density at radius 2 is 0.540 bits per heavy atom. The molecule has 6 heteroatoms. The average Bonchev–Trinajstić information content (AvgIpc) is 0.827. The van der Waals surface area contributed by atoms with Crippen LogP contribution in [0, 0.1) is 0 Å². The van der Waals surface area contributed by atoms with Crippen molar-refractivity contribution in [2.24, 2.45) is 0 Å². The van der Waals surface area contributed by atoms with E-state index in [9.17, 15) is 0 Å². The summed E-state index contributed by atoms with van der Waals surface area (Å²) < 4.78 is 2.58. The van der Waals surface area contributed by atoms with Crippen LogP contribution in [0.1, 0.15) is 184 Å². The molecule has 15 aromatic carbocycles. The highest BCUT2D eigenvalue weighted by Gasteiger charge is 2.49. The number of fused-ring (bicyclic) bond motifs is 7. The lowest BCUT2D eigenvalue weighted by Crippen LogP contribution is -2.75. The maximum Gasteiger partial charge on any atom is 0.252 e. The third-order valence-electron chi connectivity index (χ3n) is 27.1. The van der Waals surface area contributed by atoms with E-state index in [0.29, 0.717) is 0 Å².